The molecule has 3 heterocycles. The SMILES string of the molecule is COc1ccc(Cl)cc1NC(=O)C1CCN(c2ncnc3sc(C)c(C)c23)CC1. The number of nitrogens with one attached hydrogen (secondary N) is 1. The third-order valence-electron chi connectivity index (χ3n) is 5.53. The Bertz CT molecular complexity index is 1060. The number of benzene rings is 1. The predicted molar refractivity (Wildman–Crippen MR) is 118 cm³/mol. The summed E-state index contributed by atoms with van der Waals surface area (Å²) in [6.07, 6.45) is 3.17. The van der Waals surface area contributed by atoms with E-state index >= 15 is 0 Å². The number of carbonyl (C=O) groups is 1. The van der Waals surface area contributed by atoms with Crippen molar-refractivity contribution in [3.05, 3.63) is 40.0 Å². The van der Waals surface area contributed by atoms with Crippen molar-refractivity contribution in [2.45, 2.75) is 26.7 Å². The van der Waals surface area contributed by atoms with E-state index in [1.54, 1.807) is 43.0 Å². The Balaban J connectivity index is 1.46. The lowest BCUT2D eigenvalue weighted by Crippen LogP contribution is -2.38. The van der Waals surface area contributed by atoms with Crippen molar-refractivity contribution in [2.75, 3.05) is 30.4 Å². The number of amides is 1. The van der Waals surface area contributed by atoms with Gasteiger partial charge in [-0.25, -0.2) is 9.97 Å². The third kappa shape index (κ3) is 3.89. The Morgan fingerprint density at radius 1 is 1.28 bits per heavy atom. The molecule has 1 N–H and O–H groups in total. The number of aryl methyl sites for hydroxylation is 2. The maximum atomic E-state index is 12.8. The zero-order valence-corrected chi connectivity index (χ0v) is 18.2. The van der Waals surface area contributed by atoms with Gasteiger partial charge >= 0.3 is 0 Å². The van der Waals surface area contributed by atoms with Gasteiger partial charge in [-0.2, -0.15) is 0 Å². The van der Waals surface area contributed by atoms with Gasteiger partial charge in [0.25, 0.3) is 0 Å². The van der Waals surface area contributed by atoms with Crippen LogP contribution < -0.4 is 15.0 Å². The lowest BCUT2D eigenvalue weighted by atomic mass is 9.95. The Morgan fingerprint density at radius 3 is 2.76 bits per heavy atom. The second-order valence-electron chi connectivity index (χ2n) is 7.26. The molecule has 1 aliphatic heterocycles. The standard InChI is InChI=1S/C21H23ClN4O2S/c1-12-13(2)29-21-18(12)19(23-11-24-21)26-8-6-14(7-9-26)20(27)25-16-10-15(22)4-5-17(16)28-3/h4-5,10-11,14H,6-9H2,1-3H3,(H,25,27). The number of ether oxygens (including phenoxy) is 1. The molecule has 0 saturated carbocycles. The number of piperidine rings is 1. The minimum Gasteiger partial charge on any atom is -0.495 e. The highest BCUT2D eigenvalue weighted by Gasteiger charge is 2.28. The zero-order valence-electron chi connectivity index (χ0n) is 16.7. The van der Waals surface area contributed by atoms with Gasteiger partial charge in [0.15, 0.2) is 0 Å². The summed E-state index contributed by atoms with van der Waals surface area (Å²) in [7, 11) is 1.58. The van der Waals surface area contributed by atoms with Gasteiger partial charge in [0.2, 0.25) is 5.91 Å². The molecular weight excluding hydrogens is 408 g/mol. The predicted octanol–water partition coefficient (Wildman–Crippen LogP) is 4.83. The molecule has 6 nitrogen and oxygen atoms in total. The summed E-state index contributed by atoms with van der Waals surface area (Å²) >= 11 is 7.77. The lowest BCUT2D eigenvalue weighted by molar-refractivity contribution is -0.120. The lowest BCUT2D eigenvalue weighted by Gasteiger charge is -2.32. The van der Waals surface area contributed by atoms with E-state index in [-0.39, 0.29) is 11.8 Å². The first kappa shape index (κ1) is 19.9. The first-order chi connectivity index (χ1) is 14.0. The van der Waals surface area contributed by atoms with Crippen LogP contribution in [-0.4, -0.2) is 36.1 Å². The molecule has 0 radical (unpaired) electrons. The number of hydrogen-bond acceptors (Lipinski definition) is 6. The molecule has 0 unspecified atom stereocenters. The number of fused-ring (bicyclic) bond motifs is 1. The van der Waals surface area contributed by atoms with E-state index in [0.717, 1.165) is 42.0 Å². The highest BCUT2D eigenvalue weighted by Crippen LogP contribution is 2.36. The summed E-state index contributed by atoms with van der Waals surface area (Å²) in [4.78, 5) is 26.4. The fourth-order valence-electron chi connectivity index (χ4n) is 3.77. The van der Waals surface area contributed by atoms with Crippen LogP contribution in [0.25, 0.3) is 10.2 Å². The molecule has 8 heteroatoms. The second kappa shape index (κ2) is 8.16. The minimum atomic E-state index is -0.0578. The smallest absolute Gasteiger partial charge is 0.227 e. The van der Waals surface area contributed by atoms with Crippen LogP contribution in [0.3, 0.4) is 0 Å². The summed E-state index contributed by atoms with van der Waals surface area (Å²) in [6.45, 7) is 5.81. The van der Waals surface area contributed by atoms with Crippen LogP contribution in [-0.2, 0) is 4.79 Å². The number of anilines is 2. The number of methoxy groups -OCH3 is 1. The van der Waals surface area contributed by atoms with E-state index in [1.807, 2.05) is 0 Å². The van der Waals surface area contributed by atoms with Gasteiger partial charge in [0, 0.05) is 28.9 Å². The molecular formula is C21H23ClN4O2S. The Hall–Kier alpha value is -2.38. The largest absolute Gasteiger partial charge is 0.495 e. The molecule has 0 bridgehead atoms. The van der Waals surface area contributed by atoms with E-state index in [4.69, 9.17) is 16.3 Å². The summed E-state index contributed by atoms with van der Waals surface area (Å²) in [5.74, 6) is 1.53. The molecule has 29 heavy (non-hydrogen) atoms. The molecule has 0 aliphatic carbocycles. The number of carbonyl (C=O) groups excluding carboxylic acids is 1. The van der Waals surface area contributed by atoms with Gasteiger partial charge < -0.3 is 15.0 Å². The van der Waals surface area contributed by atoms with Gasteiger partial charge in [0.1, 0.15) is 22.7 Å². The number of rotatable bonds is 4. The normalized spacial score (nSPS) is 15.0. The topological polar surface area (TPSA) is 67.3 Å². The van der Waals surface area contributed by atoms with Crippen molar-refractivity contribution >= 4 is 50.6 Å². The fraction of sp³-hybridized carbons (Fsp3) is 0.381. The van der Waals surface area contributed by atoms with Crippen LogP contribution in [0.4, 0.5) is 11.5 Å². The Labute approximate surface area is 178 Å². The summed E-state index contributed by atoms with van der Waals surface area (Å²) < 4.78 is 5.32. The van der Waals surface area contributed by atoms with Gasteiger partial charge in [-0.05, 0) is 50.5 Å². The van der Waals surface area contributed by atoms with Gasteiger partial charge in [-0.1, -0.05) is 11.6 Å². The monoisotopic (exact) mass is 430 g/mol. The van der Waals surface area contributed by atoms with Crippen molar-refractivity contribution in [3.8, 4) is 5.75 Å². The average molecular weight is 431 g/mol. The van der Waals surface area contributed by atoms with Crippen molar-refractivity contribution < 1.29 is 9.53 Å². The fourth-order valence-corrected chi connectivity index (χ4v) is 4.93. The zero-order chi connectivity index (χ0) is 20.5. The van der Waals surface area contributed by atoms with Gasteiger partial charge in [-0.3, -0.25) is 4.79 Å². The molecule has 4 rings (SSSR count). The molecule has 1 aromatic carbocycles. The number of halogens is 1. The van der Waals surface area contributed by atoms with Gasteiger partial charge in [0.05, 0.1) is 18.2 Å². The summed E-state index contributed by atoms with van der Waals surface area (Å²) in [6, 6.07) is 5.21. The van der Waals surface area contributed by atoms with E-state index in [2.05, 4.69) is 34.0 Å². The number of hydrogen-bond donors (Lipinski definition) is 1. The van der Waals surface area contributed by atoms with Crippen molar-refractivity contribution in [1.29, 1.82) is 0 Å². The Morgan fingerprint density at radius 2 is 2.03 bits per heavy atom. The first-order valence-electron chi connectivity index (χ1n) is 9.58. The van der Waals surface area contributed by atoms with Crippen LogP contribution in [0.2, 0.25) is 5.02 Å². The maximum Gasteiger partial charge on any atom is 0.227 e. The van der Waals surface area contributed by atoms with E-state index in [1.165, 1.54) is 10.4 Å². The number of aromatic nitrogens is 2. The van der Waals surface area contributed by atoms with E-state index in [9.17, 15) is 4.79 Å². The van der Waals surface area contributed by atoms with Crippen molar-refractivity contribution in [2.24, 2.45) is 5.92 Å². The van der Waals surface area contributed by atoms with E-state index < -0.39 is 0 Å². The summed E-state index contributed by atoms with van der Waals surface area (Å²) in [5, 5.41) is 4.68. The summed E-state index contributed by atoms with van der Waals surface area (Å²) in [5.41, 5.74) is 1.85. The quantitative estimate of drug-likeness (QED) is 0.642. The molecule has 3 aromatic rings. The van der Waals surface area contributed by atoms with Crippen LogP contribution >= 0.6 is 22.9 Å². The highest BCUT2D eigenvalue weighted by atomic mass is 35.5. The average Bonchev–Trinajstić information content (AvgIpc) is 3.02. The molecule has 1 saturated heterocycles. The minimum absolute atomic E-state index is 0.000564. The molecule has 2 aromatic heterocycles. The van der Waals surface area contributed by atoms with Crippen LogP contribution in [0.15, 0.2) is 24.5 Å². The molecule has 1 fully saturated rings. The maximum absolute atomic E-state index is 12.8. The van der Waals surface area contributed by atoms with Crippen molar-refractivity contribution in [1.82, 2.24) is 9.97 Å². The van der Waals surface area contributed by atoms with Crippen molar-refractivity contribution in [3.63, 3.8) is 0 Å². The van der Waals surface area contributed by atoms with Crippen LogP contribution in [0.5, 0.6) is 5.75 Å². The molecule has 0 atom stereocenters. The highest BCUT2D eigenvalue weighted by molar-refractivity contribution is 7.18. The first-order valence-corrected chi connectivity index (χ1v) is 10.8. The molecule has 1 amide bonds. The van der Waals surface area contributed by atoms with Crippen LogP contribution in [0.1, 0.15) is 23.3 Å². The third-order valence-corrected chi connectivity index (χ3v) is 6.88. The van der Waals surface area contributed by atoms with E-state index in [0.29, 0.717) is 16.5 Å². The number of nitrogens with zero attached hydrogens (tertiary/aromatic N) is 3. The van der Waals surface area contributed by atoms with Gasteiger partial charge in [-0.15, -0.1) is 11.3 Å². The molecule has 152 valence electrons. The molecule has 1 aliphatic rings. The number of thiophene rings is 1. The Kier molecular flexibility index (Phi) is 5.61. The van der Waals surface area contributed by atoms with Crippen LogP contribution in [0, 0.1) is 19.8 Å². The molecule has 0 spiro atoms. The second-order valence-corrected chi connectivity index (χ2v) is 8.90.